The highest BCUT2D eigenvalue weighted by Crippen LogP contribution is 2.56. The monoisotopic (exact) mass is 385 g/mol. The Morgan fingerprint density at radius 2 is 1.93 bits per heavy atom. The summed E-state index contributed by atoms with van der Waals surface area (Å²) in [6.07, 6.45) is 6.67. The van der Waals surface area contributed by atoms with Crippen molar-refractivity contribution in [2.45, 2.75) is 44.6 Å². The van der Waals surface area contributed by atoms with Gasteiger partial charge < -0.3 is 4.90 Å². The Kier molecular flexibility index (Phi) is 4.98. The average molecular weight is 386 g/mol. The van der Waals surface area contributed by atoms with Crippen molar-refractivity contribution < 1.29 is 9.18 Å². The van der Waals surface area contributed by atoms with E-state index in [1.807, 2.05) is 37.4 Å². The number of benzene rings is 2. The number of carbonyl (C=O) groups excluding carboxylic acids is 1. The highest BCUT2D eigenvalue weighted by Gasteiger charge is 2.46. The molecule has 2 nitrogen and oxygen atoms in total. The topological polar surface area (TPSA) is 20.3 Å². The van der Waals surface area contributed by atoms with Crippen molar-refractivity contribution in [3.63, 3.8) is 0 Å². The third kappa shape index (κ3) is 3.62. The minimum Gasteiger partial charge on any atom is -0.335 e. The van der Waals surface area contributed by atoms with Crippen molar-refractivity contribution in [1.82, 2.24) is 4.90 Å². The second-order valence-corrected chi connectivity index (χ2v) is 8.72. The number of halogens is 2. The van der Waals surface area contributed by atoms with Gasteiger partial charge in [0.15, 0.2) is 0 Å². The zero-order valence-electron chi connectivity index (χ0n) is 15.6. The molecule has 2 fully saturated rings. The minimum absolute atomic E-state index is 0.145. The number of rotatable bonds is 5. The fraction of sp³-hybridized carbons (Fsp3) is 0.435. The first kappa shape index (κ1) is 18.5. The maximum atomic E-state index is 13.6. The SMILES string of the molecule is CN(C(=O)CC12CCC(CC1)C2)C(c1ccccc1)c1ccc(F)cc1Cl. The summed E-state index contributed by atoms with van der Waals surface area (Å²) in [6.45, 7) is 0. The van der Waals surface area contributed by atoms with Gasteiger partial charge >= 0.3 is 0 Å². The van der Waals surface area contributed by atoms with Gasteiger partial charge in [-0.05, 0) is 66.7 Å². The first-order chi connectivity index (χ1) is 13.0. The van der Waals surface area contributed by atoms with Gasteiger partial charge in [0.05, 0.1) is 6.04 Å². The van der Waals surface area contributed by atoms with Crippen LogP contribution in [0.25, 0.3) is 0 Å². The normalized spacial score (nSPS) is 24.8. The lowest BCUT2D eigenvalue weighted by atomic mass is 9.80. The zero-order valence-corrected chi connectivity index (χ0v) is 16.4. The zero-order chi connectivity index (χ0) is 19.0. The molecule has 2 saturated carbocycles. The van der Waals surface area contributed by atoms with Gasteiger partial charge in [0.1, 0.15) is 5.82 Å². The molecule has 27 heavy (non-hydrogen) atoms. The van der Waals surface area contributed by atoms with E-state index in [1.165, 1.54) is 44.2 Å². The molecule has 0 N–H and O–H groups in total. The first-order valence-corrected chi connectivity index (χ1v) is 10.1. The number of amides is 1. The summed E-state index contributed by atoms with van der Waals surface area (Å²) >= 11 is 6.38. The summed E-state index contributed by atoms with van der Waals surface area (Å²) in [5.41, 5.74) is 1.94. The second-order valence-electron chi connectivity index (χ2n) is 8.31. The fourth-order valence-corrected chi connectivity index (χ4v) is 5.39. The van der Waals surface area contributed by atoms with Crippen LogP contribution in [-0.2, 0) is 4.79 Å². The Bertz CT molecular complexity index is 830. The smallest absolute Gasteiger partial charge is 0.223 e. The van der Waals surface area contributed by atoms with E-state index in [0.29, 0.717) is 11.4 Å². The molecule has 1 amide bonds. The molecule has 0 spiro atoms. The molecule has 142 valence electrons. The van der Waals surface area contributed by atoms with Crippen LogP contribution in [0.2, 0.25) is 5.02 Å². The molecule has 0 saturated heterocycles. The van der Waals surface area contributed by atoms with E-state index in [4.69, 9.17) is 11.6 Å². The van der Waals surface area contributed by atoms with E-state index in [2.05, 4.69) is 0 Å². The quantitative estimate of drug-likeness (QED) is 0.618. The molecule has 0 aliphatic heterocycles. The summed E-state index contributed by atoms with van der Waals surface area (Å²) in [5, 5.41) is 0.350. The Hall–Kier alpha value is -1.87. The Morgan fingerprint density at radius 1 is 1.22 bits per heavy atom. The van der Waals surface area contributed by atoms with Crippen LogP contribution in [0, 0.1) is 17.2 Å². The van der Waals surface area contributed by atoms with E-state index < -0.39 is 0 Å². The van der Waals surface area contributed by atoms with Gasteiger partial charge in [-0.2, -0.15) is 0 Å². The standard InChI is InChI=1S/C23H25ClFNO/c1-26(21(27)15-23-11-9-16(14-23)10-12-23)22(17-5-3-2-4-6-17)19-8-7-18(25)13-20(19)24/h2-8,13,16,22H,9-12,14-15H2,1H3. The number of hydrogen-bond acceptors (Lipinski definition) is 1. The molecule has 2 aliphatic carbocycles. The predicted octanol–water partition coefficient (Wildman–Crippen LogP) is 6.00. The van der Waals surface area contributed by atoms with Gasteiger partial charge in [-0.25, -0.2) is 4.39 Å². The highest BCUT2D eigenvalue weighted by molar-refractivity contribution is 6.31. The van der Waals surface area contributed by atoms with E-state index in [-0.39, 0.29) is 23.2 Å². The van der Waals surface area contributed by atoms with Crippen molar-refractivity contribution in [2.75, 3.05) is 7.05 Å². The molecule has 1 atom stereocenters. The number of carbonyl (C=O) groups is 1. The molecular weight excluding hydrogens is 361 g/mol. The number of fused-ring (bicyclic) bond motifs is 2. The average Bonchev–Trinajstić information content (AvgIpc) is 3.25. The van der Waals surface area contributed by atoms with Crippen LogP contribution in [0.3, 0.4) is 0 Å². The maximum absolute atomic E-state index is 13.6. The molecule has 2 aliphatic rings. The van der Waals surface area contributed by atoms with Crippen LogP contribution in [0.4, 0.5) is 4.39 Å². The molecule has 0 aromatic heterocycles. The van der Waals surface area contributed by atoms with Gasteiger partial charge in [-0.3, -0.25) is 4.79 Å². The second kappa shape index (κ2) is 7.27. The first-order valence-electron chi connectivity index (χ1n) is 9.73. The van der Waals surface area contributed by atoms with Crippen LogP contribution in [0.15, 0.2) is 48.5 Å². The summed E-state index contributed by atoms with van der Waals surface area (Å²) in [5.74, 6) is 0.595. The summed E-state index contributed by atoms with van der Waals surface area (Å²) in [7, 11) is 1.84. The summed E-state index contributed by atoms with van der Waals surface area (Å²) in [6, 6.07) is 14.0. The van der Waals surface area contributed by atoms with Crippen molar-refractivity contribution in [3.05, 3.63) is 70.5 Å². The van der Waals surface area contributed by atoms with E-state index in [9.17, 15) is 9.18 Å². The summed E-state index contributed by atoms with van der Waals surface area (Å²) < 4.78 is 13.6. The van der Waals surface area contributed by atoms with E-state index in [1.54, 1.807) is 11.0 Å². The minimum atomic E-state index is -0.369. The summed E-state index contributed by atoms with van der Waals surface area (Å²) in [4.78, 5) is 15.1. The third-order valence-corrected chi connectivity index (χ3v) is 6.89. The fourth-order valence-electron chi connectivity index (χ4n) is 5.12. The molecule has 4 rings (SSSR count). The largest absolute Gasteiger partial charge is 0.335 e. The lowest BCUT2D eigenvalue weighted by molar-refractivity contribution is -0.133. The Balaban J connectivity index is 1.64. The Morgan fingerprint density at radius 3 is 2.52 bits per heavy atom. The lowest BCUT2D eigenvalue weighted by Crippen LogP contribution is -2.35. The highest BCUT2D eigenvalue weighted by atomic mass is 35.5. The number of nitrogens with zero attached hydrogens (tertiary/aromatic N) is 1. The van der Waals surface area contributed by atoms with E-state index >= 15 is 0 Å². The van der Waals surface area contributed by atoms with Crippen LogP contribution in [0.5, 0.6) is 0 Å². The molecular formula is C23H25ClFNO. The third-order valence-electron chi connectivity index (χ3n) is 6.57. The van der Waals surface area contributed by atoms with Gasteiger partial charge in [0.2, 0.25) is 5.91 Å². The maximum Gasteiger partial charge on any atom is 0.223 e. The molecule has 4 heteroatoms. The van der Waals surface area contributed by atoms with E-state index in [0.717, 1.165) is 17.0 Å². The Labute approximate surface area is 165 Å². The van der Waals surface area contributed by atoms with Gasteiger partial charge in [-0.1, -0.05) is 48.0 Å². The molecule has 2 bridgehead atoms. The van der Waals surface area contributed by atoms with Crippen molar-refractivity contribution >= 4 is 17.5 Å². The molecule has 0 heterocycles. The molecule has 1 unspecified atom stereocenters. The van der Waals surface area contributed by atoms with Crippen molar-refractivity contribution in [1.29, 1.82) is 0 Å². The van der Waals surface area contributed by atoms with Crippen LogP contribution >= 0.6 is 11.6 Å². The van der Waals surface area contributed by atoms with Crippen molar-refractivity contribution in [2.24, 2.45) is 11.3 Å². The lowest BCUT2D eigenvalue weighted by Gasteiger charge is -2.33. The van der Waals surface area contributed by atoms with Crippen LogP contribution < -0.4 is 0 Å². The molecule has 2 aromatic carbocycles. The van der Waals surface area contributed by atoms with Gasteiger partial charge in [0, 0.05) is 18.5 Å². The molecule has 2 aromatic rings. The van der Waals surface area contributed by atoms with Crippen molar-refractivity contribution in [3.8, 4) is 0 Å². The van der Waals surface area contributed by atoms with Gasteiger partial charge in [0.25, 0.3) is 0 Å². The van der Waals surface area contributed by atoms with Gasteiger partial charge in [-0.15, -0.1) is 0 Å². The predicted molar refractivity (Wildman–Crippen MR) is 106 cm³/mol. The number of hydrogen-bond donors (Lipinski definition) is 0. The van der Waals surface area contributed by atoms with Crippen LogP contribution in [0.1, 0.15) is 55.7 Å². The van der Waals surface area contributed by atoms with Crippen LogP contribution in [-0.4, -0.2) is 17.9 Å². The molecule has 0 radical (unpaired) electrons.